The quantitative estimate of drug-likeness (QED) is 0.495. The Balaban J connectivity index is 2.89. The Morgan fingerprint density at radius 3 is 2.83 bits per heavy atom. The molecule has 0 radical (unpaired) electrons. The van der Waals surface area contributed by atoms with Crippen molar-refractivity contribution in [3.8, 4) is 0 Å². The Morgan fingerprint density at radius 1 is 1.58 bits per heavy atom. The fraction of sp³-hybridized carbons (Fsp3) is 0.111. The maximum atomic E-state index is 5.66. The molecule has 0 unspecified atom stereocenters. The van der Waals surface area contributed by atoms with Gasteiger partial charge in [-0.25, -0.2) is 0 Å². The fourth-order valence-electron chi connectivity index (χ4n) is 0.662. The second-order valence-electron chi connectivity index (χ2n) is 2.30. The van der Waals surface area contributed by atoms with E-state index < -0.39 is 0 Å². The van der Waals surface area contributed by atoms with Gasteiger partial charge in [-0.3, -0.25) is 0 Å². The van der Waals surface area contributed by atoms with Crippen molar-refractivity contribution in [2.24, 2.45) is 10.7 Å². The van der Waals surface area contributed by atoms with Crippen molar-refractivity contribution < 1.29 is 19.4 Å². The van der Waals surface area contributed by atoms with Gasteiger partial charge in [-0.15, -0.1) is 0 Å². The van der Waals surface area contributed by atoms with E-state index in [9.17, 15) is 0 Å². The van der Waals surface area contributed by atoms with E-state index in [0.717, 1.165) is 9.59 Å². The van der Waals surface area contributed by atoms with Gasteiger partial charge in [-0.1, -0.05) is 0 Å². The molecular weight excluding hydrogens is 320 g/mol. The molecule has 62 valence electrons. The number of para-hydroxylation sites is 1. The van der Waals surface area contributed by atoms with Gasteiger partial charge in [0.05, 0.1) is 0 Å². The molecule has 0 aliphatic rings. The summed E-state index contributed by atoms with van der Waals surface area (Å²) in [7, 11) is 0. The molecule has 0 aliphatic carbocycles. The number of nitrogens with two attached hydrogens (primary N) is 1. The summed E-state index contributed by atoms with van der Waals surface area (Å²) in [5.74, 6) is 0.604. The van der Waals surface area contributed by atoms with Crippen LogP contribution >= 0.6 is 0 Å². The average molecular weight is 329 g/mol. The third kappa shape index (κ3) is 2.71. The summed E-state index contributed by atoms with van der Waals surface area (Å²) in [6.07, 6.45) is 0. The molecule has 12 heavy (non-hydrogen) atoms. The standard InChI is InChI=1S/C9H9N2.W/c1-2-9(10)11-8-6-4-3-5-7-8;/h3-6H,1H3,(H2,10,11);/q-1;. The van der Waals surface area contributed by atoms with Crippen LogP contribution in [0, 0.1) is 6.07 Å². The van der Waals surface area contributed by atoms with E-state index >= 15 is 0 Å². The van der Waals surface area contributed by atoms with Gasteiger partial charge in [0, 0.05) is 0 Å². The van der Waals surface area contributed by atoms with E-state index in [1.807, 2.05) is 31.2 Å². The monoisotopic (exact) mass is 329 g/mol. The Kier molecular flexibility index (Phi) is 3.36. The predicted molar refractivity (Wildman–Crippen MR) is 47.2 cm³/mol. The number of aliphatic imine (C=N–C) groups is 1. The molecule has 1 aromatic rings. The van der Waals surface area contributed by atoms with E-state index in [2.05, 4.69) is 11.1 Å². The van der Waals surface area contributed by atoms with E-state index in [1.165, 1.54) is 19.4 Å². The van der Waals surface area contributed by atoms with Crippen molar-refractivity contribution in [1.82, 2.24) is 0 Å². The summed E-state index contributed by atoms with van der Waals surface area (Å²) in [5.41, 5.74) is 6.45. The molecule has 0 aromatic heterocycles. The normalized spacial score (nSPS) is 11.2. The SMILES string of the molecule is C[C](=[W])C(N)=Nc1[c-]cccc1. The third-order valence-electron chi connectivity index (χ3n) is 1.29. The first-order valence-corrected chi connectivity index (χ1v) is 4.98. The minimum absolute atomic E-state index is 0.604. The van der Waals surface area contributed by atoms with Crippen LogP contribution in [0.15, 0.2) is 29.3 Å². The topological polar surface area (TPSA) is 38.4 Å². The predicted octanol–water partition coefficient (Wildman–Crippen LogP) is 1.21. The molecule has 0 atom stereocenters. The molecular formula is C9H9N2W-. The van der Waals surface area contributed by atoms with E-state index in [-0.39, 0.29) is 0 Å². The van der Waals surface area contributed by atoms with Crippen LogP contribution in [0.3, 0.4) is 0 Å². The molecule has 1 aromatic carbocycles. The molecule has 0 spiro atoms. The van der Waals surface area contributed by atoms with Crippen molar-refractivity contribution in [1.29, 1.82) is 0 Å². The summed E-state index contributed by atoms with van der Waals surface area (Å²) in [6.45, 7) is 1.97. The van der Waals surface area contributed by atoms with Gasteiger partial charge in [-0.2, -0.15) is 0 Å². The zero-order chi connectivity index (χ0) is 8.97. The van der Waals surface area contributed by atoms with Gasteiger partial charge in [0.2, 0.25) is 0 Å². The zero-order valence-electron chi connectivity index (χ0n) is 6.74. The molecule has 0 saturated heterocycles. The van der Waals surface area contributed by atoms with Crippen LogP contribution in [0.5, 0.6) is 0 Å². The van der Waals surface area contributed by atoms with Crippen LogP contribution < -0.4 is 5.73 Å². The molecule has 0 bridgehead atoms. The van der Waals surface area contributed by atoms with Gasteiger partial charge in [-0.05, 0) is 0 Å². The third-order valence-corrected chi connectivity index (χ3v) is 2.05. The molecule has 0 heterocycles. The van der Waals surface area contributed by atoms with Gasteiger partial charge in [0.15, 0.2) is 0 Å². The molecule has 0 saturated carbocycles. The van der Waals surface area contributed by atoms with E-state index in [0.29, 0.717) is 5.84 Å². The van der Waals surface area contributed by atoms with Crippen LogP contribution in [0.2, 0.25) is 0 Å². The molecule has 3 heteroatoms. The summed E-state index contributed by atoms with van der Waals surface area (Å²) in [5, 5.41) is 0. The number of hydrogen-bond donors (Lipinski definition) is 1. The summed E-state index contributed by atoms with van der Waals surface area (Å²) >= 11 is 1.35. The number of nitrogens with zero attached hydrogens (tertiary/aromatic N) is 1. The van der Waals surface area contributed by atoms with Gasteiger partial charge >= 0.3 is 82.8 Å². The summed E-state index contributed by atoms with van der Waals surface area (Å²) in [6, 6.07) is 10.5. The molecule has 0 aliphatic heterocycles. The molecule has 0 amide bonds. The first kappa shape index (κ1) is 9.34. The van der Waals surface area contributed by atoms with Gasteiger partial charge in [0.25, 0.3) is 0 Å². The molecule has 2 nitrogen and oxygen atoms in total. The molecule has 1 rings (SSSR count). The first-order chi connectivity index (χ1) is 5.70. The minimum atomic E-state index is 0.604. The molecule has 2 N–H and O–H groups in total. The Labute approximate surface area is 82.9 Å². The number of hydrogen-bond acceptors (Lipinski definition) is 1. The van der Waals surface area contributed by atoms with Crippen LogP contribution in [-0.4, -0.2) is 9.73 Å². The fourth-order valence-corrected chi connectivity index (χ4v) is 0.826. The van der Waals surface area contributed by atoms with Crippen LogP contribution in [0.4, 0.5) is 5.69 Å². The second kappa shape index (κ2) is 4.32. The number of benzene rings is 1. The number of rotatable bonds is 2. The summed E-state index contributed by atoms with van der Waals surface area (Å²) < 4.78 is 1.10. The van der Waals surface area contributed by atoms with Crippen LogP contribution in [0.1, 0.15) is 6.92 Å². The van der Waals surface area contributed by atoms with Crippen molar-refractivity contribution in [3.63, 3.8) is 0 Å². The Morgan fingerprint density at radius 2 is 2.33 bits per heavy atom. The van der Waals surface area contributed by atoms with Crippen LogP contribution in [-0.2, 0) is 19.4 Å². The van der Waals surface area contributed by atoms with E-state index in [4.69, 9.17) is 5.73 Å². The van der Waals surface area contributed by atoms with Gasteiger partial charge in [0.1, 0.15) is 0 Å². The average Bonchev–Trinajstić information content (AvgIpc) is 2.06. The van der Waals surface area contributed by atoms with Crippen molar-refractivity contribution in [3.05, 3.63) is 30.3 Å². The molecule has 0 fully saturated rings. The Bertz CT molecular complexity index is 304. The maximum absolute atomic E-state index is 5.66. The van der Waals surface area contributed by atoms with Crippen molar-refractivity contribution in [2.45, 2.75) is 6.92 Å². The van der Waals surface area contributed by atoms with Gasteiger partial charge < -0.3 is 0 Å². The summed E-state index contributed by atoms with van der Waals surface area (Å²) in [4.78, 5) is 4.18. The number of amidine groups is 1. The van der Waals surface area contributed by atoms with Crippen LogP contribution in [0.25, 0.3) is 0 Å². The first-order valence-electron chi connectivity index (χ1n) is 3.52. The van der Waals surface area contributed by atoms with Crippen molar-refractivity contribution in [2.75, 3.05) is 0 Å². The van der Waals surface area contributed by atoms with Crippen molar-refractivity contribution >= 4 is 15.4 Å². The van der Waals surface area contributed by atoms with E-state index in [1.54, 1.807) is 0 Å². The Hall–Kier alpha value is -0.752. The zero-order valence-corrected chi connectivity index (χ0v) is 9.68. The second-order valence-corrected chi connectivity index (χ2v) is 4.50.